The Bertz CT molecular complexity index is 449. The quantitative estimate of drug-likeness (QED) is 0.866. The van der Waals surface area contributed by atoms with Crippen LogP contribution in [0.2, 0.25) is 0 Å². The molecule has 1 saturated heterocycles. The molecule has 0 radical (unpaired) electrons. The summed E-state index contributed by atoms with van der Waals surface area (Å²) in [5.74, 6) is 1.56. The van der Waals surface area contributed by atoms with Crippen molar-refractivity contribution in [1.29, 1.82) is 0 Å². The molecule has 104 valence electrons. The van der Waals surface area contributed by atoms with Crippen molar-refractivity contribution in [3.8, 4) is 0 Å². The molecule has 1 aliphatic rings. The zero-order chi connectivity index (χ0) is 13.7. The molecule has 2 rings (SSSR count). The molecule has 1 aliphatic heterocycles. The Morgan fingerprint density at radius 2 is 1.89 bits per heavy atom. The number of rotatable bonds is 4. The zero-order valence-corrected chi connectivity index (χ0v) is 12.0. The van der Waals surface area contributed by atoms with E-state index in [9.17, 15) is 9.00 Å². The summed E-state index contributed by atoms with van der Waals surface area (Å²) in [5.41, 5.74) is 1.85. The molecule has 0 bridgehead atoms. The van der Waals surface area contributed by atoms with Crippen LogP contribution in [-0.4, -0.2) is 34.7 Å². The van der Waals surface area contributed by atoms with E-state index < -0.39 is 10.8 Å². The van der Waals surface area contributed by atoms with Gasteiger partial charge in [-0.25, -0.2) is 0 Å². The molecule has 0 atom stereocenters. The molecule has 19 heavy (non-hydrogen) atoms. The average molecular weight is 280 g/mol. The molecule has 1 aromatic rings. The number of nitrogens with one attached hydrogen (secondary N) is 2. The van der Waals surface area contributed by atoms with Gasteiger partial charge in [-0.1, -0.05) is 12.1 Å². The minimum Gasteiger partial charge on any atom is -0.355 e. The third-order valence-corrected chi connectivity index (χ3v) is 4.81. The molecular weight excluding hydrogens is 260 g/mol. The zero-order valence-electron chi connectivity index (χ0n) is 11.1. The summed E-state index contributed by atoms with van der Waals surface area (Å²) in [6.45, 7) is 0.797. The van der Waals surface area contributed by atoms with Crippen LogP contribution in [-0.2, 0) is 17.3 Å². The van der Waals surface area contributed by atoms with Crippen LogP contribution in [0.1, 0.15) is 28.8 Å². The Morgan fingerprint density at radius 3 is 2.47 bits per heavy atom. The predicted molar refractivity (Wildman–Crippen MR) is 77.6 cm³/mol. The molecule has 0 aromatic heterocycles. The van der Waals surface area contributed by atoms with E-state index in [4.69, 9.17) is 0 Å². The molecule has 4 nitrogen and oxygen atoms in total. The van der Waals surface area contributed by atoms with Gasteiger partial charge in [0.2, 0.25) is 0 Å². The Kier molecular flexibility index (Phi) is 5.10. The highest BCUT2D eigenvalue weighted by atomic mass is 32.2. The van der Waals surface area contributed by atoms with Gasteiger partial charge in [0.15, 0.2) is 0 Å². The Morgan fingerprint density at radius 1 is 1.26 bits per heavy atom. The first-order chi connectivity index (χ1) is 9.19. The van der Waals surface area contributed by atoms with E-state index in [2.05, 4.69) is 10.6 Å². The van der Waals surface area contributed by atoms with Crippen molar-refractivity contribution in [2.75, 3.05) is 18.6 Å². The lowest BCUT2D eigenvalue weighted by Gasteiger charge is -2.22. The molecule has 0 aliphatic carbocycles. The van der Waals surface area contributed by atoms with Crippen LogP contribution in [0.25, 0.3) is 0 Å². The van der Waals surface area contributed by atoms with Crippen LogP contribution in [0.4, 0.5) is 0 Å². The van der Waals surface area contributed by atoms with E-state index in [1.807, 2.05) is 24.3 Å². The van der Waals surface area contributed by atoms with Crippen LogP contribution in [0.15, 0.2) is 24.3 Å². The van der Waals surface area contributed by atoms with Crippen molar-refractivity contribution in [3.05, 3.63) is 35.4 Å². The topological polar surface area (TPSA) is 58.2 Å². The van der Waals surface area contributed by atoms with Gasteiger partial charge in [0.1, 0.15) is 0 Å². The van der Waals surface area contributed by atoms with Crippen molar-refractivity contribution in [3.63, 3.8) is 0 Å². The number of amides is 1. The summed E-state index contributed by atoms with van der Waals surface area (Å²) < 4.78 is 11.3. The maximum Gasteiger partial charge on any atom is 0.251 e. The smallest absolute Gasteiger partial charge is 0.251 e. The van der Waals surface area contributed by atoms with Gasteiger partial charge >= 0.3 is 0 Å². The van der Waals surface area contributed by atoms with E-state index in [1.165, 1.54) is 5.56 Å². The fourth-order valence-corrected chi connectivity index (χ4v) is 3.48. The summed E-state index contributed by atoms with van der Waals surface area (Å²) >= 11 is 0. The van der Waals surface area contributed by atoms with Crippen molar-refractivity contribution in [2.45, 2.75) is 25.4 Å². The molecule has 1 fully saturated rings. The summed E-state index contributed by atoms with van der Waals surface area (Å²) in [6, 6.07) is 8.09. The fourth-order valence-electron chi connectivity index (χ4n) is 2.18. The lowest BCUT2D eigenvalue weighted by Crippen LogP contribution is -2.35. The number of carbonyl (C=O) groups is 1. The van der Waals surface area contributed by atoms with Gasteiger partial charge in [0.25, 0.3) is 5.91 Å². The predicted octanol–water partition coefficient (Wildman–Crippen LogP) is 1.05. The summed E-state index contributed by atoms with van der Waals surface area (Å²) in [5, 5.41) is 6.09. The SMILES string of the molecule is CNC(=O)c1ccc(CNC2CCS(=O)CC2)cc1. The van der Waals surface area contributed by atoms with Crippen LogP contribution in [0, 0.1) is 0 Å². The van der Waals surface area contributed by atoms with Crippen molar-refractivity contribution in [2.24, 2.45) is 0 Å². The summed E-state index contributed by atoms with van der Waals surface area (Å²) in [7, 11) is 1.03. The van der Waals surface area contributed by atoms with E-state index in [1.54, 1.807) is 7.05 Å². The van der Waals surface area contributed by atoms with E-state index in [0.29, 0.717) is 11.6 Å². The monoisotopic (exact) mass is 280 g/mol. The Balaban J connectivity index is 1.83. The maximum absolute atomic E-state index is 11.4. The largest absolute Gasteiger partial charge is 0.355 e. The van der Waals surface area contributed by atoms with Gasteiger partial charge in [-0.15, -0.1) is 0 Å². The fraction of sp³-hybridized carbons (Fsp3) is 0.500. The summed E-state index contributed by atoms with van der Waals surface area (Å²) in [6.07, 6.45) is 1.98. The van der Waals surface area contributed by atoms with Gasteiger partial charge in [-0.05, 0) is 30.5 Å². The first-order valence-corrected chi connectivity index (χ1v) is 8.07. The van der Waals surface area contributed by atoms with Crippen molar-refractivity contribution in [1.82, 2.24) is 10.6 Å². The first-order valence-electron chi connectivity index (χ1n) is 6.58. The lowest BCUT2D eigenvalue weighted by molar-refractivity contribution is 0.0963. The third kappa shape index (κ3) is 4.14. The molecule has 1 aromatic carbocycles. The van der Waals surface area contributed by atoms with Gasteiger partial charge in [-0.2, -0.15) is 0 Å². The van der Waals surface area contributed by atoms with Gasteiger partial charge < -0.3 is 10.6 Å². The van der Waals surface area contributed by atoms with Crippen molar-refractivity contribution >= 4 is 16.7 Å². The first kappa shape index (κ1) is 14.2. The van der Waals surface area contributed by atoms with Crippen LogP contribution in [0.3, 0.4) is 0 Å². The van der Waals surface area contributed by atoms with Gasteiger partial charge in [0, 0.05) is 47.5 Å². The Labute approximate surface area is 116 Å². The minimum absolute atomic E-state index is 0.0609. The number of benzene rings is 1. The third-order valence-electron chi connectivity index (χ3n) is 3.43. The highest BCUT2D eigenvalue weighted by molar-refractivity contribution is 7.85. The van der Waals surface area contributed by atoms with E-state index in [0.717, 1.165) is 30.9 Å². The maximum atomic E-state index is 11.4. The molecule has 1 amide bonds. The molecule has 0 saturated carbocycles. The Hall–Kier alpha value is -1.20. The highest BCUT2D eigenvalue weighted by Crippen LogP contribution is 2.11. The molecule has 0 spiro atoms. The minimum atomic E-state index is -0.603. The highest BCUT2D eigenvalue weighted by Gasteiger charge is 2.16. The van der Waals surface area contributed by atoms with E-state index in [-0.39, 0.29) is 5.91 Å². The molecule has 2 N–H and O–H groups in total. The van der Waals surface area contributed by atoms with E-state index >= 15 is 0 Å². The van der Waals surface area contributed by atoms with Crippen LogP contribution < -0.4 is 10.6 Å². The number of hydrogen-bond donors (Lipinski definition) is 2. The van der Waals surface area contributed by atoms with Gasteiger partial charge in [-0.3, -0.25) is 9.00 Å². The molecule has 0 unspecified atom stereocenters. The second kappa shape index (κ2) is 6.82. The normalized spacial score (nSPS) is 23.0. The van der Waals surface area contributed by atoms with Gasteiger partial charge in [0.05, 0.1) is 0 Å². The second-order valence-corrected chi connectivity index (χ2v) is 6.48. The molecule has 5 heteroatoms. The van der Waals surface area contributed by atoms with Crippen molar-refractivity contribution < 1.29 is 9.00 Å². The lowest BCUT2D eigenvalue weighted by atomic mass is 10.1. The van der Waals surface area contributed by atoms with Crippen LogP contribution >= 0.6 is 0 Å². The molecular formula is C14H20N2O2S. The summed E-state index contributed by atoms with van der Waals surface area (Å²) in [4.78, 5) is 11.4. The second-order valence-electron chi connectivity index (χ2n) is 4.78. The number of hydrogen-bond acceptors (Lipinski definition) is 3. The van der Waals surface area contributed by atoms with Crippen LogP contribution in [0.5, 0.6) is 0 Å². The number of carbonyl (C=O) groups excluding carboxylic acids is 1. The molecule has 1 heterocycles. The average Bonchev–Trinajstić information content (AvgIpc) is 2.46. The standard InChI is InChI=1S/C14H20N2O2S/c1-15-14(17)12-4-2-11(3-5-12)10-16-13-6-8-19(18)9-7-13/h2-5,13,16H,6-10H2,1H3,(H,15,17).